The Bertz CT molecular complexity index is 719. The molecule has 0 aliphatic heterocycles. The lowest BCUT2D eigenvalue weighted by atomic mass is 9.60. The van der Waals surface area contributed by atoms with Crippen molar-refractivity contribution in [2.75, 3.05) is 13.5 Å². The Kier molecular flexibility index (Phi) is 9.42. The van der Waals surface area contributed by atoms with E-state index in [4.69, 9.17) is 15.2 Å². The number of aliphatic hydroxyl groups is 1. The molecule has 0 aromatic carbocycles. The van der Waals surface area contributed by atoms with Crippen LogP contribution in [0.5, 0.6) is 0 Å². The van der Waals surface area contributed by atoms with Crippen LogP contribution in [-0.2, 0) is 9.47 Å². The molecule has 0 amide bonds. The van der Waals surface area contributed by atoms with E-state index >= 15 is 0 Å². The van der Waals surface area contributed by atoms with E-state index in [9.17, 15) is 5.11 Å². The molecule has 3 aliphatic rings. The van der Waals surface area contributed by atoms with Crippen molar-refractivity contribution in [3.63, 3.8) is 0 Å². The van der Waals surface area contributed by atoms with Crippen LogP contribution in [0.3, 0.4) is 0 Å². The fourth-order valence-corrected chi connectivity index (χ4v) is 6.99. The molecule has 0 heterocycles. The van der Waals surface area contributed by atoms with E-state index in [0.29, 0.717) is 11.3 Å². The predicted molar refractivity (Wildman–Crippen MR) is 137 cm³/mol. The average molecular weight is 460 g/mol. The summed E-state index contributed by atoms with van der Waals surface area (Å²) in [6.07, 6.45) is 17.7. The second-order valence-electron chi connectivity index (χ2n) is 11.8. The zero-order valence-electron chi connectivity index (χ0n) is 21.7. The van der Waals surface area contributed by atoms with Crippen molar-refractivity contribution < 1.29 is 14.6 Å². The summed E-state index contributed by atoms with van der Waals surface area (Å²) < 4.78 is 11.0. The molecule has 188 valence electrons. The Morgan fingerprint density at radius 3 is 2.76 bits per heavy atom. The van der Waals surface area contributed by atoms with E-state index in [-0.39, 0.29) is 19.6 Å². The van der Waals surface area contributed by atoms with Gasteiger partial charge in [0.25, 0.3) is 0 Å². The molecule has 0 radical (unpaired) electrons. The summed E-state index contributed by atoms with van der Waals surface area (Å²) in [6, 6.07) is 0. The smallest absolute Gasteiger partial charge is 0.148 e. The Morgan fingerprint density at radius 2 is 2.03 bits per heavy atom. The van der Waals surface area contributed by atoms with E-state index in [1.54, 1.807) is 5.57 Å². The quantitative estimate of drug-likeness (QED) is 0.284. The minimum Gasteiger partial charge on any atom is -0.390 e. The van der Waals surface area contributed by atoms with Crippen molar-refractivity contribution >= 4 is 0 Å². The number of ether oxygens (including phenoxy) is 2. The molecule has 0 saturated heterocycles. The molecular formula is C29H49NO3. The van der Waals surface area contributed by atoms with Crippen molar-refractivity contribution in [2.45, 2.75) is 110 Å². The van der Waals surface area contributed by atoms with Gasteiger partial charge in [0.2, 0.25) is 0 Å². The topological polar surface area (TPSA) is 64.7 Å². The van der Waals surface area contributed by atoms with E-state index < -0.39 is 5.60 Å². The largest absolute Gasteiger partial charge is 0.390 e. The Balaban J connectivity index is 1.64. The maximum atomic E-state index is 10.1. The Labute approximate surface area is 202 Å². The van der Waals surface area contributed by atoms with Gasteiger partial charge in [0.05, 0.1) is 18.4 Å². The lowest BCUT2D eigenvalue weighted by molar-refractivity contribution is -0.0908. The average Bonchev–Trinajstić information content (AvgIpc) is 3.10. The number of hydrogen-bond acceptors (Lipinski definition) is 4. The molecule has 3 saturated carbocycles. The first kappa shape index (κ1) is 26.7. The van der Waals surface area contributed by atoms with E-state index in [1.807, 2.05) is 13.8 Å². The summed E-state index contributed by atoms with van der Waals surface area (Å²) in [5.41, 5.74) is 9.54. The molecular weight excluding hydrogens is 410 g/mol. The number of hydrogen-bond donors (Lipinski definition) is 2. The lowest BCUT2D eigenvalue weighted by Gasteiger charge is -2.44. The van der Waals surface area contributed by atoms with Gasteiger partial charge in [-0.25, -0.2) is 0 Å². The third kappa shape index (κ3) is 7.04. The number of fused-ring (bicyclic) bond motifs is 1. The summed E-state index contributed by atoms with van der Waals surface area (Å²) in [4.78, 5) is 0. The van der Waals surface area contributed by atoms with Gasteiger partial charge in [0.1, 0.15) is 6.79 Å². The van der Waals surface area contributed by atoms with Crippen molar-refractivity contribution in [1.82, 2.24) is 0 Å². The maximum Gasteiger partial charge on any atom is 0.148 e. The monoisotopic (exact) mass is 459 g/mol. The van der Waals surface area contributed by atoms with Gasteiger partial charge in [-0.3, -0.25) is 0 Å². The predicted octanol–water partition coefficient (Wildman–Crippen LogP) is 6.65. The van der Waals surface area contributed by atoms with E-state index in [0.717, 1.165) is 43.9 Å². The molecule has 4 nitrogen and oxygen atoms in total. The first-order valence-corrected chi connectivity index (χ1v) is 13.3. The third-order valence-electron chi connectivity index (χ3n) is 8.85. The van der Waals surface area contributed by atoms with Gasteiger partial charge < -0.3 is 20.3 Å². The normalized spacial score (nSPS) is 34.1. The maximum absolute atomic E-state index is 10.1. The van der Waals surface area contributed by atoms with Crippen molar-refractivity contribution in [3.05, 3.63) is 35.5 Å². The molecule has 0 aromatic rings. The fraction of sp³-hybridized carbons (Fsp3) is 0.793. The molecule has 3 rings (SSSR count). The molecule has 5 atom stereocenters. The number of rotatable bonds is 10. The van der Waals surface area contributed by atoms with Crippen molar-refractivity contribution in [3.8, 4) is 0 Å². The van der Waals surface area contributed by atoms with Crippen LogP contribution in [-0.4, -0.2) is 30.3 Å². The van der Waals surface area contributed by atoms with Crippen LogP contribution >= 0.6 is 0 Å². The summed E-state index contributed by atoms with van der Waals surface area (Å²) in [6.45, 7) is 13.7. The molecule has 3 fully saturated rings. The summed E-state index contributed by atoms with van der Waals surface area (Å²) in [5.74, 6) is 2.24. The van der Waals surface area contributed by atoms with Crippen LogP contribution in [0.1, 0.15) is 98.3 Å². The van der Waals surface area contributed by atoms with Gasteiger partial charge in [-0.15, -0.1) is 0 Å². The van der Waals surface area contributed by atoms with Gasteiger partial charge in [-0.1, -0.05) is 56.6 Å². The molecule has 3 N–H and O–H groups in total. The van der Waals surface area contributed by atoms with Gasteiger partial charge in [0, 0.05) is 0 Å². The zero-order chi connectivity index (χ0) is 24.1. The van der Waals surface area contributed by atoms with Crippen molar-refractivity contribution in [1.29, 1.82) is 0 Å². The second kappa shape index (κ2) is 11.7. The fourth-order valence-electron chi connectivity index (χ4n) is 6.99. The zero-order valence-corrected chi connectivity index (χ0v) is 21.7. The van der Waals surface area contributed by atoms with Crippen LogP contribution in [0.2, 0.25) is 0 Å². The SMILES string of the molecule is C=C1CC[C@H](OCOCN)C/C1=C/C=C1\CCC[C@@]2(C)C1CC[C@@H]2[C@H](C)CCCC(C)(C)O. The van der Waals surface area contributed by atoms with Crippen LogP contribution in [0.4, 0.5) is 0 Å². The molecule has 3 aliphatic carbocycles. The molecule has 4 heteroatoms. The standard InChI is InChI=1S/C29H49NO3/c1-21-10-13-25(33-20-32-19-30)18-24(21)12-11-23-9-7-17-29(5)26(14-15-27(23)29)22(2)8-6-16-28(3,4)31/h11-12,22,25-27,31H,1,6-10,13-20,30H2,2-5H3/b23-11+,24-12-/t22-,25+,26-,27?,29-/m1/s1. The highest BCUT2D eigenvalue weighted by Crippen LogP contribution is 2.60. The molecule has 0 bridgehead atoms. The number of nitrogens with two attached hydrogens (primary N) is 1. The third-order valence-corrected chi connectivity index (χ3v) is 8.85. The van der Waals surface area contributed by atoms with Crippen LogP contribution in [0, 0.1) is 23.2 Å². The first-order chi connectivity index (χ1) is 15.6. The van der Waals surface area contributed by atoms with Gasteiger partial charge in [-0.05, 0) is 100 Å². The minimum atomic E-state index is -0.541. The summed E-state index contributed by atoms with van der Waals surface area (Å²) >= 11 is 0. The summed E-state index contributed by atoms with van der Waals surface area (Å²) in [5, 5.41) is 10.1. The van der Waals surface area contributed by atoms with Gasteiger partial charge >= 0.3 is 0 Å². The van der Waals surface area contributed by atoms with E-state index in [2.05, 4.69) is 32.6 Å². The highest BCUT2D eigenvalue weighted by molar-refractivity contribution is 5.36. The summed E-state index contributed by atoms with van der Waals surface area (Å²) in [7, 11) is 0. The Morgan fingerprint density at radius 1 is 1.24 bits per heavy atom. The van der Waals surface area contributed by atoms with Crippen LogP contribution < -0.4 is 5.73 Å². The van der Waals surface area contributed by atoms with Gasteiger partial charge in [-0.2, -0.15) is 0 Å². The lowest BCUT2D eigenvalue weighted by Crippen LogP contribution is -2.36. The minimum absolute atomic E-state index is 0.198. The molecule has 0 aromatic heterocycles. The first-order valence-electron chi connectivity index (χ1n) is 13.3. The molecule has 0 spiro atoms. The molecule has 1 unspecified atom stereocenters. The second-order valence-corrected chi connectivity index (χ2v) is 11.8. The van der Waals surface area contributed by atoms with Crippen LogP contribution in [0.15, 0.2) is 35.5 Å². The molecule has 33 heavy (non-hydrogen) atoms. The van der Waals surface area contributed by atoms with Gasteiger partial charge in [0.15, 0.2) is 0 Å². The Hall–Kier alpha value is -0.940. The number of allylic oxidation sites excluding steroid dienone is 4. The highest BCUT2D eigenvalue weighted by atomic mass is 16.7. The van der Waals surface area contributed by atoms with Crippen LogP contribution in [0.25, 0.3) is 0 Å². The van der Waals surface area contributed by atoms with E-state index in [1.165, 1.54) is 49.7 Å². The van der Waals surface area contributed by atoms with Crippen molar-refractivity contribution in [2.24, 2.45) is 28.9 Å². The highest BCUT2D eigenvalue weighted by Gasteiger charge is 2.50.